The van der Waals surface area contributed by atoms with Gasteiger partial charge in [-0.25, -0.2) is 8.42 Å². The molecule has 0 radical (unpaired) electrons. The van der Waals surface area contributed by atoms with E-state index in [0.29, 0.717) is 5.69 Å². The van der Waals surface area contributed by atoms with Gasteiger partial charge < -0.3 is 5.32 Å². The minimum absolute atomic E-state index is 0.162. The van der Waals surface area contributed by atoms with Crippen LogP contribution in [0.3, 0.4) is 0 Å². The number of rotatable bonds is 5. The molecule has 138 valence electrons. The zero-order chi connectivity index (χ0) is 19.4. The molecule has 0 spiro atoms. The van der Waals surface area contributed by atoms with Crippen LogP contribution >= 0.6 is 0 Å². The number of benzene rings is 3. The Hall–Kier alpha value is -3.06. The quantitative estimate of drug-likeness (QED) is 0.696. The highest BCUT2D eigenvalue weighted by Gasteiger charge is 2.26. The Morgan fingerprint density at radius 3 is 1.89 bits per heavy atom. The van der Waals surface area contributed by atoms with Gasteiger partial charge in [0.2, 0.25) is 9.84 Å². The fourth-order valence-electron chi connectivity index (χ4n) is 2.48. The molecule has 0 aromatic heterocycles. The molecule has 7 heteroatoms. The van der Waals surface area contributed by atoms with Gasteiger partial charge in [-0.05, 0) is 47.5 Å². The van der Waals surface area contributed by atoms with E-state index in [2.05, 4.69) is 5.32 Å². The van der Waals surface area contributed by atoms with Gasteiger partial charge in [0.05, 0.1) is 4.90 Å². The zero-order valence-electron chi connectivity index (χ0n) is 14.0. The molecule has 3 aromatic rings. The Bertz CT molecular complexity index is 1030. The lowest BCUT2D eigenvalue weighted by Crippen LogP contribution is -2.14. The van der Waals surface area contributed by atoms with Crippen molar-refractivity contribution in [3.8, 4) is 11.1 Å². The summed E-state index contributed by atoms with van der Waals surface area (Å²) in [7, 11) is -4.67. The van der Waals surface area contributed by atoms with Crippen LogP contribution in [-0.2, 0) is 9.84 Å². The summed E-state index contributed by atoms with van der Waals surface area (Å²) in [6, 6.07) is 21.3. The molecule has 0 aliphatic rings. The predicted octanol–water partition coefficient (Wildman–Crippen LogP) is 4.60. The van der Waals surface area contributed by atoms with E-state index in [4.69, 9.17) is 0 Å². The van der Waals surface area contributed by atoms with Crippen LogP contribution in [0.1, 0.15) is 10.4 Å². The molecule has 0 atom stereocenters. The van der Waals surface area contributed by atoms with Gasteiger partial charge in [-0.3, -0.25) is 4.79 Å². The minimum Gasteiger partial charge on any atom is -0.322 e. The maximum atomic E-state index is 12.5. The Labute approximate surface area is 155 Å². The Balaban J connectivity index is 1.72. The van der Waals surface area contributed by atoms with Crippen LogP contribution in [0.25, 0.3) is 11.1 Å². The van der Waals surface area contributed by atoms with Crippen LogP contribution in [0.2, 0.25) is 0 Å². The molecule has 0 fully saturated rings. The Morgan fingerprint density at radius 1 is 0.778 bits per heavy atom. The lowest BCUT2D eigenvalue weighted by molar-refractivity contribution is 0.102. The summed E-state index contributed by atoms with van der Waals surface area (Å²) in [6.45, 7) is 0. The molecule has 3 rings (SSSR count). The molecule has 0 unspecified atom stereocenters. The second-order valence-electron chi connectivity index (χ2n) is 5.73. The number of alkyl halides is 2. The molecule has 1 amide bonds. The zero-order valence-corrected chi connectivity index (χ0v) is 14.8. The highest BCUT2D eigenvalue weighted by molar-refractivity contribution is 7.91. The number of nitrogens with one attached hydrogen (secondary N) is 1. The van der Waals surface area contributed by atoms with Crippen molar-refractivity contribution in [2.24, 2.45) is 0 Å². The lowest BCUT2D eigenvalue weighted by atomic mass is 10.1. The molecule has 0 heterocycles. The summed E-state index contributed by atoms with van der Waals surface area (Å²) >= 11 is 0. The van der Waals surface area contributed by atoms with Crippen molar-refractivity contribution >= 4 is 21.4 Å². The van der Waals surface area contributed by atoms with Crippen molar-refractivity contribution in [1.29, 1.82) is 0 Å². The summed E-state index contributed by atoms with van der Waals surface area (Å²) in [6.07, 6.45) is 0. The summed E-state index contributed by atoms with van der Waals surface area (Å²) < 4.78 is 47.9. The maximum absolute atomic E-state index is 12.5. The van der Waals surface area contributed by atoms with E-state index in [9.17, 15) is 22.0 Å². The molecule has 3 aromatic carbocycles. The topological polar surface area (TPSA) is 63.2 Å². The number of halogens is 2. The molecule has 0 aliphatic carbocycles. The molecule has 0 saturated carbocycles. The fourth-order valence-corrected chi connectivity index (χ4v) is 3.20. The molecule has 0 bridgehead atoms. The largest absolute Gasteiger partial charge is 0.341 e. The minimum atomic E-state index is -4.67. The number of carbonyl (C=O) groups is 1. The van der Waals surface area contributed by atoms with Crippen LogP contribution in [0, 0.1) is 0 Å². The van der Waals surface area contributed by atoms with Gasteiger partial charge >= 0.3 is 5.76 Å². The fraction of sp³-hybridized carbons (Fsp3) is 0.0500. The smallest absolute Gasteiger partial charge is 0.322 e. The lowest BCUT2D eigenvalue weighted by Gasteiger charge is -2.08. The maximum Gasteiger partial charge on any atom is 0.341 e. The van der Waals surface area contributed by atoms with Gasteiger partial charge in [0, 0.05) is 11.3 Å². The summed E-state index contributed by atoms with van der Waals surface area (Å²) in [4.78, 5) is 11.7. The van der Waals surface area contributed by atoms with Crippen LogP contribution in [0.4, 0.5) is 14.5 Å². The van der Waals surface area contributed by atoms with Gasteiger partial charge in [0.1, 0.15) is 0 Å². The molecule has 4 nitrogen and oxygen atoms in total. The predicted molar refractivity (Wildman–Crippen MR) is 99.5 cm³/mol. The van der Waals surface area contributed by atoms with E-state index in [1.165, 1.54) is 12.1 Å². The molecular weight excluding hydrogens is 372 g/mol. The standard InChI is InChI=1S/C20H15F2NO3S/c21-20(22)27(25,26)18-12-8-16(9-13-18)19(24)23-17-10-6-15(7-11-17)14-4-2-1-3-5-14/h1-13,20H,(H,23,24). The van der Waals surface area contributed by atoms with E-state index in [1.54, 1.807) is 12.1 Å². The molecule has 0 aliphatic heterocycles. The third kappa shape index (κ3) is 4.20. The van der Waals surface area contributed by atoms with E-state index in [-0.39, 0.29) is 5.56 Å². The van der Waals surface area contributed by atoms with Crippen LogP contribution in [0.15, 0.2) is 83.8 Å². The Morgan fingerprint density at radius 2 is 1.33 bits per heavy atom. The van der Waals surface area contributed by atoms with Gasteiger partial charge in [-0.15, -0.1) is 0 Å². The third-order valence-corrected chi connectivity index (χ3v) is 5.33. The van der Waals surface area contributed by atoms with Crippen molar-refractivity contribution in [3.63, 3.8) is 0 Å². The average Bonchev–Trinajstić information content (AvgIpc) is 2.69. The van der Waals surface area contributed by atoms with E-state index in [0.717, 1.165) is 23.3 Å². The average molecular weight is 387 g/mol. The van der Waals surface area contributed by atoms with Gasteiger partial charge in [-0.1, -0.05) is 42.5 Å². The van der Waals surface area contributed by atoms with Crippen molar-refractivity contribution < 1.29 is 22.0 Å². The van der Waals surface area contributed by atoms with Gasteiger partial charge in [0.25, 0.3) is 5.91 Å². The van der Waals surface area contributed by atoms with Gasteiger partial charge in [0.15, 0.2) is 0 Å². The number of sulfone groups is 1. The first-order chi connectivity index (χ1) is 12.9. The first kappa shape index (κ1) is 18.7. The number of carbonyl (C=O) groups excluding carboxylic acids is 1. The van der Waals surface area contributed by atoms with Crippen molar-refractivity contribution in [2.45, 2.75) is 10.7 Å². The van der Waals surface area contributed by atoms with Crippen LogP contribution in [0.5, 0.6) is 0 Å². The second kappa shape index (κ2) is 7.67. The van der Waals surface area contributed by atoms with Crippen molar-refractivity contribution in [2.75, 3.05) is 5.32 Å². The molecule has 1 N–H and O–H groups in total. The van der Waals surface area contributed by atoms with E-state index >= 15 is 0 Å². The third-order valence-electron chi connectivity index (χ3n) is 3.93. The first-order valence-electron chi connectivity index (χ1n) is 7.97. The SMILES string of the molecule is O=C(Nc1ccc(-c2ccccc2)cc1)c1ccc(S(=O)(=O)C(F)F)cc1. The number of hydrogen-bond acceptors (Lipinski definition) is 3. The number of amides is 1. The highest BCUT2D eigenvalue weighted by Crippen LogP contribution is 2.22. The second-order valence-corrected chi connectivity index (χ2v) is 7.65. The van der Waals surface area contributed by atoms with Crippen LogP contribution in [-0.4, -0.2) is 20.1 Å². The first-order valence-corrected chi connectivity index (χ1v) is 9.51. The molecule has 27 heavy (non-hydrogen) atoms. The normalized spacial score (nSPS) is 11.4. The molecule has 0 saturated heterocycles. The van der Waals surface area contributed by atoms with E-state index in [1.807, 2.05) is 42.5 Å². The van der Waals surface area contributed by atoms with Crippen LogP contribution < -0.4 is 5.32 Å². The molecular formula is C20H15F2NO3S. The number of anilines is 1. The summed E-state index contributed by atoms with van der Waals surface area (Å²) in [5.41, 5.74) is 2.76. The van der Waals surface area contributed by atoms with E-state index < -0.39 is 26.4 Å². The highest BCUT2D eigenvalue weighted by atomic mass is 32.2. The van der Waals surface area contributed by atoms with Gasteiger partial charge in [-0.2, -0.15) is 8.78 Å². The van der Waals surface area contributed by atoms with Crippen molar-refractivity contribution in [1.82, 2.24) is 0 Å². The Kier molecular flexibility index (Phi) is 5.32. The monoisotopic (exact) mass is 387 g/mol. The number of hydrogen-bond donors (Lipinski definition) is 1. The summed E-state index contributed by atoms with van der Waals surface area (Å²) in [5, 5.41) is 2.68. The summed E-state index contributed by atoms with van der Waals surface area (Å²) in [5.74, 6) is -3.97. The van der Waals surface area contributed by atoms with Crippen molar-refractivity contribution in [3.05, 3.63) is 84.4 Å².